The summed E-state index contributed by atoms with van der Waals surface area (Å²) < 4.78 is 16.9. The number of carbonyl (C=O) groups excluding carboxylic acids is 2. The number of carbonyl (C=O) groups is 2. The lowest BCUT2D eigenvalue weighted by molar-refractivity contribution is -0.125. The first-order chi connectivity index (χ1) is 14.5. The molecule has 1 aliphatic carbocycles. The number of furan rings is 1. The second-order valence-electron chi connectivity index (χ2n) is 8.60. The number of hydrogen-bond acceptors (Lipinski definition) is 5. The minimum absolute atomic E-state index is 0.0677. The van der Waals surface area contributed by atoms with Crippen molar-refractivity contribution in [2.45, 2.75) is 51.6 Å². The molecule has 2 aromatic rings. The molecule has 0 radical (unpaired) electrons. The van der Waals surface area contributed by atoms with Gasteiger partial charge in [0.2, 0.25) is 0 Å². The Morgan fingerprint density at radius 3 is 2.70 bits per heavy atom. The zero-order valence-corrected chi connectivity index (χ0v) is 17.6. The molecule has 2 heterocycles. The molecule has 4 rings (SSSR count). The molecule has 1 aromatic carbocycles. The van der Waals surface area contributed by atoms with Gasteiger partial charge in [-0.25, -0.2) is 0 Å². The predicted molar refractivity (Wildman–Crippen MR) is 111 cm³/mol. The Morgan fingerprint density at radius 2 is 2.00 bits per heavy atom. The lowest BCUT2D eigenvalue weighted by atomic mass is 9.73. The maximum absolute atomic E-state index is 12.8. The lowest BCUT2D eigenvalue weighted by Crippen LogP contribution is -2.35. The quantitative estimate of drug-likeness (QED) is 0.631. The molecule has 0 bridgehead atoms. The summed E-state index contributed by atoms with van der Waals surface area (Å²) in [4.78, 5) is 27.1. The summed E-state index contributed by atoms with van der Waals surface area (Å²) in [6, 6.07) is 11.1. The van der Waals surface area contributed by atoms with Crippen LogP contribution in [0.3, 0.4) is 0 Å². The third kappa shape index (κ3) is 4.15. The molecule has 2 fully saturated rings. The first-order valence-electron chi connectivity index (χ1n) is 10.7. The number of ether oxygens (including phenoxy) is 2. The van der Waals surface area contributed by atoms with Crippen LogP contribution in [0.1, 0.15) is 61.6 Å². The molecule has 1 saturated heterocycles. The number of rotatable bonds is 7. The summed E-state index contributed by atoms with van der Waals surface area (Å²) >= 11 is 0. The normalized spacial score (nSPS) is 24.3. The highest BCUT2D eigenvalue weighted by molar-refractivity contribution is 5.93. The smallest absolute Gasteiger partial charge is 0.289 e. The first-order valence-corrected chi connectivity index (χ1v) is 10.7. The number of nitrogens with zero attached hydrogens (tertiary/aromatic N) is 1. The van der Waals surface area contributed by atoms with E-state index in [2.05, 4.69) is 0 Å². The summed E-state index contributed by atoms with van der Waals surface area (Å²) in [5.41, 5.74) is 0.321. The van der Waals surface area contributed by atoms with Crippen molar-refractivity contribution in [2.24, 2.45) is 5.41 Å². The van der Waals surface area contributed by atoms with Gasteiger partial charge in [0.25, 0.3) is 5.91 Å². The average Bonchev–Trinajstić information content (AvgIpc) is 3.49. The van der Waals surface area contributed by atoms with Gasteiger partial charge in [-0.1, -0.05) is 31.9 Å². The molecule has 6 heteroatoms. The predicted octanol–water partition coefficient (Wildman–Crippen LogP) is 4.41. The summed E-state index contributed by atoms with van der Waals surface area (Å²) in [6.45, 7) is 4.59. The van der Waals surface area contributed by atoms with Gasteiger partial charge >= 0.3 is 0 Å². The van der Waals surface area contributed by atoms with Crippen LogP contribution < -0.4 is 4.74 Å². The van der Waals surface area contributed by atoms with Crippen molar-refractivity contribution in [1.29, 1.82) is 0 Å². The number of hydrogen-bond donors (Lipinski definition) is 0. The summed E-state index contributed by atoms with van der Waals surface area (Å²) in [5.74, 6) is 0.772. The van der Waals surface area contributed by atoms with Gasteiger partial charge in [-0.15, -0.1) is 0 Å². The van der Waals surface area contributed by atoms with E-state index < -0.39 is 5.41 Å². The number of likely N-dealkylation sites (tertiary alicyclic amines) is 1. The maximum Gasteiger partial charge on any atom is 0.289 e. The van der Waals surface area contributed by atoms with Crippen LogP contribution in [0.25, 0.3) is 0 Å². The fraction of sp³-hybridized carbons (Fsp3) is 0.500. The SMILES string of the molecule is CC(=O)C1(C)CN(C(=O)c2ccco2)CC1c1cccc(OCOC2CCCC2)c1. The van der Waals surface area contributed by atoms with Crippen LogP contribution in [-0.4, -0.2) is 42.6 Å². The highest BCUT2D eigenvalue weighted by Crippen LogP contribution is 2.44. The monoisotopic (exact) mass is 411 g/mol. The van der Waals surface area contributed by atoms with Crippen LogP contribution in [0.2, 0.25) is 0 Å². The molecule has 0 spiro atoms. The van der Waals surface area contributed by atoms with Gasteiger partial charge in [0.05, 0.1) is 17.8 Å². The van der Waals surface area contributed by atoms with E-state index in [1.54, 1.807) is 24.0 Å². The van der Waals surface area contributed by atoms with Crippen molar-refractivity contribution in [3.05, 3.63) is 54.0 Å². The van der Waals surface area contributed by atoms with Gasteiger partial charge in [0, 0.05) is 19.0 Å². The second-order valence-corrected chi connectivity index (χ2v) is 8.60. The Kier molecular flexibility index (Phi) is 5.95. The molecule has 6 nitrogen and oxygen atoms in total. The molecule has 30 heavy (non-hydrogen) atoms. The third-order valence-corrected chi connectivity index (χ3v) is 6.61. The molecule has 1 amide bonds. The van der Waals surface area contributed by atoms with Crippen LogP contribution in [-0.2, 0) is 9.53 Å². The second kappa shape index (κ2) is 8.64. The van der Waals surface area contributed by atoms with Gasteiger partial charge in [-0.3, -0.25) is 9.59 Å². The van der Waals surface area contributed by atoms with Crippen molar-refractivity contribution in [3.63, 3.8) is 0 Å². The van der Waals surface area contributed by atoms with E-state index in [0.29, 0.717) is 30.7 Å². The molecule has 1 aliphatic heterocycles. The summed E-state index contributed by atoms with van der Waals surface area (Å²) in [6.07, 6.45) is 6.42. The number of ketones is 1. The minimum Gasteiger partial charge on any atom is -0.468 e. The van der Waals surface area contributed by atoms with Crippen LogP contribution in [0.4, 0.5) is 0 Å². The Hall–Kier alpha value is -2.60. The molecule has 2 atom stereocenters. The lowest BCUT2D eigenvalue weighted by Gasteiger charge is -2.28. The van der Waals surface area contributed by atoms with Crippen molar-refractivity contribution < 1.29 is 23.5 Å². The van der Waals surface area contributed by atoms with Gasteiger partial charge in [0.15, 0.2) is 12.6 Å². The summed E-state index contributed by atoms with van der Waals surface area (Å²) in [7, 11) is 0. The Labute approximate surface area is 177 Å². The van der Waals surface area contributed by atoms with Gasteiger partial charge in [0.1, 0.15) is 11.5 Å². The van der Waals surface area contributed by atoms with Gasteiger partial charge in [-0.2, -0.15) is 0 Å². The molecule has 160 valence electrons. The largest absolute Gasteiger partial charge is 0.468 e. The zero-order chi connectivity index (χ0) is 21.1. The molecule has 0 N–H and O–H groups in total. The fourth-order valence-electron chi connectivity index (χ4n) is 4.61. The van der Waals surface area contributed by atoms with Crippen LogP contribution in [0.15, 0.2) is 47.1 Å². The number of Topliss-reactive ketones (excluding diaryl/α,β-unsaturated/α-hetero) is 1. The van der Waals surface area contributed by atoms with E-state index in [4.69, 9.17) is 13.9 Å². The van der Waals surface area contributed by atoms with E-state index in [1.165, 1.54) is 19.1 Å². The van der Waals surface area contributed by atoms with Crippen LogP contribution in [0.5, 0.6) is 5.75 Å². The molecule has 2 unspecified atom stereocenters. The Bertz CT molecular complexity index is 887. The van der Waals surface area contributed by atoms with E-state index in [-0.39, 0.29) is 24.4 Å². The van der Waals surface area contributed by atoms with Crippen molar-refractivity contribution >= 4 is 11.7 Å². The Morgan fingerprint density at radius 1 is 1.20 bits per heavy atom. The Balaban J connectivity index is 1.49. The highest BCUT2D eigenvalue weighted by Gasteiger charge is 2.49. The van der Waals surface area contributed by atoms with Crippen LogP contribution in [0, 0.1) is 5.41 Å². The number of amides is 1. The van der Waals surface area contributed by atoms with E-state index in [0.717, 1.165) is 18.4 Å². The maximum atomic E-state index is 12.8. The van der Waals surface area contributed by atoms with Gasteiger partial charge in [-0.05, 0) is 49.6 Å². The summed E-state index contributed by atoms with van der Waals surface area (Å²) in [5, 5.41) is 0. The van der Waals surface area contributed by atoms with Crippen molar-refractivity contribution in [2.75, 3.05) is 19.9 Å². The van der Waals surface area contributed by atoms with Crippen molar-refractivity contribution in [1.82, 2.24) is 4.90 Å². The molecule has 1 aromatic heterocycles. The molecular weight excluding hydrogens is 382 g/mol. The van der Waals surface area contributed by atoms with E-state index >= 15 is 0 Å². The highest BCUT2D eigenvalue weighted by atomic mass is 16.7. The van der Waals surface area contributed by atoms with Crippen molar-refractivity contribution in [3.8, 4) is 5.75 Å². The van der Waals surface area contributed by atoms with E-state index in [9.17, 15) is 9.59 Å². The molecule has 2 aliphatic rings. The van der Waals surface area contributed by atoms with Crippen LogP contribution >= 0.6 is 0 Å². The molecular formula is C24H29NO5. The topological polar surface area (TPSA) is 69.0 Å². The number of benzene rings is 1. The first kappa shape index (κ1) is 20.7. The van der Waals surface area contributed by atoms with Gasteiger partial charge < -0.3 is 18.8 Å². The molecule has 1 saturated carbocycles. The average molecular weight is 411 g/mol. The fourth-order valence-corrected chi connectivity index (χ4v) is 4.61. The third-order valence-electron chi connectivity index (χ3n) is 6.61. The minimum atomic E-state index is -0.665. The zero-order valence-electron chi connectivity index (χ0n) is 17.6. The van der Waals surface area contributed by atoms with E-state index in [1.807, 2.05) is 31.2 Å². The standard InChI is InChI=1S/C24H29NO5/c1-17(26)24(2)15-25(23(27)22-11-6-12-28-22)14-21(24)18-7-5-10-20(13-18)30-16-29-19-8-3-4-9-19/h5-7,10-13,19,21H,3-4,8-9,14-16H2,1-2H3.